The topological polar surface area (TPSA) is 85.6 Å². The summed E-state index contributed by atoms with van der Waals surface area (Å²) in [4.78, 5) is 28.6. The Hall–Kier alpha value is -4.64. The van der Waals surface area contributed by atoms with Crippen LogP contribution in [0.3, 0.4) is 0 Å². The lowest BCUT2D eigenvalue weighted by Crippen LogP contribution is -2.55. The minimum absolute atomic E-state index is 0.214. The van der Waals surface area contributed by atoms with Crippen LogP contribution >= 0.6 is 0 Å². The Labute approximate surface area is 228 Å². The second kappa shape index (κ2) is 11.0. The van der Waals surface area contributed by atoms with Crippen molar-refractivity contribution in [3.8, 4) is 6.07 Å². The van der Waals surface area contributed by atoms with Gasteiger partial charge in [0.1, 0.15) is 18.8 Å². The van der Waals surface area contributed by atoms with Gasteiger partial charge in [-0.25, -0.2) is 14.8 Å². The molecular formula is C31H30N6O2. The number of nitriles is 1. The molecule has 0 aliphatic carbocycles. The summed E-state index contributed by atoms with van der Waals surface area (Å²) in [6, 6.07) is 26.5. The summed E-state index contributed by atoms with van der Waals surface area (Å²) in [5.41, 5.74) is 4.34. The first-order valence-corrected chi connectivity index (χ1v) is 13.4. The van der Waals surface area contributed by atoms with E-state index in [-0.39, 0.29) is 25.2 Å². The zero-order chi connectivity index (χ0) is 26.6. The summed E-state index contributed by atoms with van der Waals surface area (Å²) < 4.78 is 5.59. The third-order valence-corrected chi connectivity index (χ3v) is 7.64. The first kappa shape index (κ1) is 24.7. The standard InChI is InChI=1S/C31H30N6O2/c32-15-13-25-19-36(17-18-37(25)31(38)39-21-23-7-2-1-3-8-23)30-27-14-16-35(20-28(27)33-22-34-30)29-12-6-10-24-9-4-5-11-26(24)29/h1-12,22,25H,13-14,16-21H2/t25-/m0/s1. The fraction of sp³-hybridized carbons (Fsp3) is 0.290. The highest BCUT2D eigenvalue weighted by Crippen LogP contribution is 2.33. The average Bonchev–Trinajstić information content (AvgIpc) is 2.99. The maximum absolute atomic E-state index is 12.9. The number of benzene rings is 3. The smallest absolute Gasteiger partial charge is 0.410 e. The van der Waals surface area contributed by atoms with Crippen LogP contribution in [0.4, 0.5) is 16.3 Å². The van der Waals surface area contributed by atoms with Gasteiger partial charge in [-0.1, -0.05) is 66.7 Å². The van der Waals surface area contributed by atoms with E-state index in [9.17, 15) is 10.1 Å². The Morgan fingerprint density at radius 2 is 1.77 bits per heavy atom. The molecule has 3 heterocycles. The van der Waals surface area contributed by atoms with Gasteiger partial charge >= 0.3 is 6.09 Å². The van der Waals surface area contributed by atoms with E-state index in [1.54, 1.807) is 11.2 Å². The number of carbonyl (C=O) groups is 1. The second-order valence-corrected chi connectivity index (χ2v) is 9.99. The predicted octanol–water partition coefficient (Wildman–Crippen LogP) is 4.93. The molecule has 1 aromatic heterocycles. The molecule has 1 saturated heterocycles. The number of piperazine rings is 1. The summed E-state index contributed by atoms with van der Waals surface area (Å²) in [6.45, 7) is 3.43. The van der Waals surface area contributed by atoms with E-state index >= 15 is 0 Å². The van der Waals surface area contributed by atoms with Crippen LogP contribution in [0.15, 0.2) is 79.1 Å². The monoisotopic (exact) mass is 518 g/mol. The van der Waals surface area contributed by atoms with Gasteiger partial charge in [0.25, 0.3) is 0 Å². The van der Waals surface area contributed by atoms with Gasteiger partial charge in [-0.2, -0.15) is 5.26 Å². The van der Waals surface area contributed by atoms with Crippen LogP contribution in [0.1, 0.15) is 23.2 Å². The molecule has 1 atom stereocenters. The van der Waals surface area contributed by atoms with Crippen LogP contribution in [0.5, 0.6) is 0 Å². The number of nitrogens with zero attached hydrogens (tertiary/aromatic N) is 6. The lowest BCUT2D eigenvalue weighted by molar-refractivity contribution is 0.0768. The van der Waals surface area contributed by atoms with Crippen LogP contribution in [0, 0.1) is 11.3 Å². The molecule has 0 N–H and O–H groups in total. The molecule has 0 bridgehead atoms. The molecule has 8 heteroatoms. The van der Waals surface area contributed by atoms with Crippen LogP contribution in [0.25, 0.3) is 10.8 Å². The molecule has 0 unspecified atom stereocenters. The van der Waals surface area contributed by atoms with Gasteiger partial charge in [0.05, 0.1) is 30.8 Å². The molecule has 2 aliphatic heterocycles. The summed E-state index contributed by atoms with van der Waals surface area (Å²) >= 11 is 0. The Balaban J connectivity index is 1.18. The van der Waals surface area contributed by atoms with Crippen LogP contribution in [-0.4, -0.2) is 53.2 Å². The molecular weight excluding hydrogens is 488 g/mol. The summed E-state index contributed by atoms with van der Waals surface area (Å²) in [5.74, 6) is 0.915. The fourth-order valence-corrected chi connectivity index (χ4v) is 5.67. The van der Waals surface area contributed by atoms with Crippen molar-refractivity contribution in [1.82, 2.24) is 14.9 Å². The molecule has 4 aromatic rings. The number of aromatic nitrogens is 2. The van der Waals surface area contributed by atoms with Gasteiger partial charge in [-0.15, -0.1) is 0 Å². The van der Waals surface area contributed by atoms with Crippen molar-refractivity contribution in [2.45, 2.75) is 32.0 Å². The fourth-order valence-electron chi connectivity index (χ4n) is 5.67. The van der Waals surface area contributed by atoms with E-state index in [0.717, 1.165) is 35.6 Å². The van der Waals surface area contributed by atoms with Gasteiger partial charge in [0, 0.05) is 42.8 Å². The van der Waals surface area contributed by atoms with Crippen molar-refractivity contribution in [3.05, 3.63) is 95.9 Å². The van der Waals surface area contributed by atoms with Gasteiger partial charge < -0.3 is 19.4 Å². The Kier molecular flexibility index (Phi) is 6.96. The minimum atomic E-state index is -0.380. The van der Waals surface area contributed by atoms with Crippen LogP contribution in [0.2, 0.25) is 0 Å². The quantitative estimate of drug-likeness (QED) is 0.370. The van der Waals surface area contributed by atoms with Crippen molar-refractivity contribution in [1.29, 1.82) is 5.26 Å². The van der Waals surface area contributed by atoms with E-state index in [2.05, 4.69) is 68.3 Å². The number of anilines is 2. The van der Waals surface area contributed by atoms with Crippen LogP contribution < -0.4 is 9.80 Å². The zero-order valence-electron chi connectivity index (χ0n) is 21.7. The van der Waals surface area contributed by atoms with E-state index < -0.39 is 0 Å². The second-order valence-electron chi connectivity index (χ2n) is 9.99. The molecule has 1 fully saturated rings. The van der Waals surface area contributed by atoms with Crippen LogP contribution in [-0.2, 0) is 24.3 Å². The molecule has 3 aromatic carbocycles. The molecule has 0 spiro atoms. The number of rotatable bonds is 5. The molecule has 39 heavy (non-hydrogen) atoms. The van der Waals surface area contributed by atoms with Crippen molar-refractivity contribution in [2.24, 2.45) is 0 Å². The first-order valence-electron chi connectivity index (χ1n) is 13.4. The van der Waals surface area contributed by atoms with Gasteiger partial charge in [0.15, 0.2) is 0 Å². The van der Waals surface area contributed by atoms with E-state index in [1.807, 2.05) is 30.3 Å². The molecule has 0 radical (unpaired) electrons. The highest BCUT2D eigenvalue weighted by molar-refractivity contribution is 5.94. The first-order chi connectivity index (χ1) is 19.2. The van der Waals surface area contributed by atoms with E-state index in [1.165, 1.54) is 16.5 Å². The summed E-state index contributed by atoms with van der Waals surface area (Å²) in [6.07, 6.45) is 2.32. The SMILES string of the molecule is N#CC[C@H]1CN(c2ncnc3c2CCN(c2cccc4ccccc24)C3)CCN1C(=O)OCc1ccccc1. The average molecular weight is 519 g/mol. The van der Waals surface area contributed by atoms with E-state index in [0.29, 0.717) is 26.2 Å². The number of hydrogen-bond donors (Lipinski definition) is 0. The summed E-state index contributed by atoms with van der Waals surface area (Å²) in [7, 11) is 0. The Morgan fingerprint density at radius 3 is 2.64 bits per heavy atom. The van der Waals surface area contributed by atoms with Gasteiger partial charge in [-0.05, 0) is 23.4 Å². The lowest BCUT2D eigenvalue weighted by atomic mass is 10.0. The summed E-state index contributed by atoms with van der Waals surface area (Å²) in [5, 5.41) is 12.0. The maximum atomic E-state index is 12.9. The molecule has 8 nitrogen and oxygen atoms in total. The number of amides is 1. The minimum Gasteiger partial charge on any atom is -0.445 e. The Bertz CT molecular complexity index is 1510. The molecule has 2 aliphatic rings. The number of ether oxygens (including phenoxy) is 1. The normalized spacial score (nSPS) is 17.0. The Morgan fingerprint density at radius 1 is 0.949 bits per heavy atom. The number of fused-ring (bicyclic) bond motifs is 2. The van der Waals surface area contributed by atoms with Gasteiger partial charge in [-0.3, -0.25) is 0 Å². The molecule has 6 rings (SSSR count). The molecule has 1 amide bonds. The third kappa shape index (κ3) is 5.08. The molecule has 0 saturated carbocycles. The zero-order valence-corrected chi connectivity index (χ0v) is 21.7. The maximum Gasteiger partial charge on any atom is 0.410 e. The third-order valence-electron chi connectivity index (χ3n) is 7.64. The van der Waals surface area contributed by atoms with Crippen molar-refractivity contribution < 1.29 is 9.53 Å². The number of carbonyl (C=O) groups excluding carboxylic acids is 1. The van der Waals surface area contributed by atoms with Crippen molar-refractivity contribution in [3.63, 3.8) is 0 Å². The highest BCUT2D eigenvalue weighted by atomic mass is 16.6. The molecule has 196 valence electrons. The van der Waals surface area contributed by atoms with Gasteiger partial charge in [0.2, 0.25) is 0 Å². The highest BCUT2D eigenvalue weighted by Gasteiger charge is 2.34. The lowest BCUT2D eigenvalue weighted by Gasteiger charge is -2.41. The van der Waals surface area contributed by atoms with E-state index in [4.69, 9.17) is 4.74 Å². The predicted molar refractivity (Wildman–Crippen MR) is 150 cm³/mol. The van der Waals surface area contributed by atoms with Crippen molar-refractivity contribution in [2.75, 3.05) is 36.0 Å². The van der Waals surface area contributed by atoms with Crippen molar-refractivity contribution >= 4 is 28.4 Å². The number of hydrogen-bond acceptors (Lipinski definition) is 7. The largest absolute Gasteiger partial charge is 0.445 e.